The van der Waals surface area contributed by atoms with Crippen LogP contribution in [-0.4, -0.2) is 9.97 Å². The second-order valence-corrected chi connectivity index (χ2v) is 4.75. The van der Waals surface area contributed by atoms with E-state index in [1.165, 1.54) is 12.1 Å². The van der Waals surface area contributed by atoms with Crippen molar-refractivity contribution in [2.24, 2.45) is 0 Å². The van der Waals surface area contributed by atoms with E-state index in [0.29, 0.717) is 5.82 Å². The minimum absolute atomic E-state index is 0.00569. The molecule has 0 aliphatic heterocycles. The summed E-state index contributed by atoms with van der Waals surface area (Å²) in [5, 5.41) is 0. The lowest BCUT2D eigenvalue weighted by Gasteiger charge is -2.10. The summed E-state index contributed by atoms with van der Waals surface area (Å²) in [5.74, 6) is 0.663. The summed E-state index contributed by atoms with van der Waals surface area (Å²) in [6, 6.07) is 5.32. The lowest BCUT2D eigenvalue weighted by Crippen LogP contribution is -2.12. The molecule has 0 spiro atoms. The average molecular weight is 298 g/mol. The SMILES string of the molecule is CC(C)c1nc(Oc2ccc(C(F)(F)F)cc2)cc(=O)[nH]1. The largest absolute Gasteiger partial charge is 0.439 e. The first kappa shape index (κ1) is 15.1. The number of halogens is 3. The van der Waals surface area contributed by atoms with E-state index in [4.69, 9.17) is 4.74 Å². The number of hydrogen-bond acceptors (Lipinski definition) is 3. The molecule has 2 rings (SSSR count). The highest BCUT2D eigenvalue weighted by molar-refractivity contribution is 5.31. The number of alkyl halides is 3. The zero-order valence-corrected chi connectivity index (χ0v) is 11.4. The van der Waals surface area contributed by atoms with Gasteiger partial charge in [0.2, 0.25) is 5.88 Å². The van der Waals surface area contributed by atoms with Gasteiger partial charge in [0.25, 0.3) is 5.56 Å². The van der Waals surface area contributed by atoms with Crippen molar-refractivity contribution in [3.63, 3.8) is 0 Å². The van der Waals surface area contributed by atoms with Gasteiger partial charge in [-0.05, 0) is 24.3 Å². The minimum Gasteiger partial charge on any atom is -0.439 e. The van der Waals surface area contributed by atoms with E-state index >= 15 is 0 Å². The zero-order valence-electron chi connectivity index (χ0n) is 11.4. The molecule has 0 aliphatic carbocycles. The molecule has 0 aliphatic rings. The van der Waals surface area contributed by atoms with Crippen molar-refractivity contribution in [3.8, 4) is 11.6 Å². The third-order valence-electron chi connectivity index (χ3n) is 2.69. The summed E-state index contributed by atoms with van der Waals surface area (Å²) in [6.07, 6.45) is -4.40. The van der Waals surface area contributed by atoms with E-state index in [1.807, 2.05) is 13.8 Å². The third kappa shape index (κ3) is 3.84. The van der Waals surface area contributed by atoms with Crippen molar-refractivity contribution in [2.45, 2.75) is 25.9 Å². The maximum absolute atomic E-state index is 12.4. The molecule has 0 fully saturated rings. The van der Waals surface area contributed by atoms with Crippen LogP contribution in [-0.2, 0) is 6.18 Å². The van der Waals surface area contributed by atoms with Crippen LogP contribution in [0.5, 0.6) is 11.6 Å². The Kier molecular flexibility index (Phi) is 4.02. The number of aromatic nitrogens is 2. The van der Waals surface area contributed by atoms with Gasteiger partial charge in [-0.1, -0.05) is 13.8 Å². The summed E-state index contributed by atoms with van der Waals surface area (Å²) < 4.78 is 42.6. The van der Waals surface area contributed by atoms with Gasteiger partial charge in [0.05, 0.1) is 11.6 Å². The molecule has 0 atom stereocenters. The van der Waals surface area contributed by atoms with E-state index in [2.05, 4.69) is 9.97 Å². The van der Waals surface area contributed by atoms with Crippen LogP contribution in [0.3, 0.4) is 0 Å². The summed E-state index contributed by atoms with van der Waals surface area (Å²) in [6.45, 7) is 3.69. The number of benzene rings is 1. The smallest absolute Gasteiger partial charge is 0.416 e. The maximum atomic E-state index is 12.4. The van der Waals surface area contributed by atoms with E-state index in [0.717, 1.165) is 18.2 Å². The second-order valence-electron chi connectivity index (χ2n) is 4.75. The van der Waals surface area contributed by atoms with E-state index in [9.17, 15) is 18.0 Å². The number of nitrogens with one attached hydrogen (secondary N) is 1. The Morgan fingerprint density at radius 1 is 1.19 bits per heavy atom. The fraction of sp³-hybridized carbons (Fsp3) is 0.286. The van der Waals surface area contributed by atoms with Crippen molar-refractivity contribution in [1.29, 1.82) is 0 Å². The molecule has 4 nitrogen and oxygen atoms in total. The first-order valence-electron chi connectivity index (χ1n) is 6.22. The quantitative estimate of drug-likeness (QED) is 0.940. The van der Waals surface area contributed by atoms with Crippen LogP contribution in [0.1, 0.15) is 31.2 Å². The molecule has 1 heterocycles. The van der Waals surface area contributed by atoms with Gasteiger partial charge >= 0.3 is 6.18 Å². The first-order valence-corrected chi connectivity index (χ1v) is 6.22. The topological polar surface area (TPSA) is 55.0 Å². The molecule has 1 aromatic heterocycles. The Morgan fingerprint density at radius 2 is 1.81 bits per heavy atom. The van der Waals surface area contributed by atoms with Gasteiger partial charge in [-0.15, -0.1) is 0 Å². The number of hydrogen-bond donors (Lipinski definition) is 1. The summed E-state index contributed by atoms with van der Waals surface area (Å²) in [5.41, 5.74) is -1.15. The first-order chi connectivity index (χ1) is 9.75. The van der Waals surface area contributed by atoms with Crippen molar-refractivity contribution < 1.29 is 17.9 Å². The summed E-state index contributed by atoms with van der Waals surface area (Å²) in [4.78, 5) is 18.1. The summed E-state index contributed by atoms with van der Waals surface area (Å²) in [7, 11) is 0. The van der Waals surface area contributed by atoms with Gasteiger partial charge in [-0.25, -0.2) is 0 Å². The third-order valence-corrected chi connectivity index (χ3v) is 2.69. The molecule has 2 aromatic rings. The number of ether oxygens (including phenoxy) is 1. The van der Waals surface area contributed by atoms with Crippen molar-refractivity contribution in [2.75, 3.05) is 0 Å². The van der Waals surface area contributed by atoms with Gasteiger partial charge in [-0.2, -0.15) is 18.2 Å². The Morgan fingerprint density at radius 3 is 2.33 bits per heavy atom. The van der Waals surface area contributed by atoms with E-state index in [1.54, 1.807) is 0 Å². The van der Waals surface area contributed by atoms with Crippen molar-refractivity contribution in [1.82, 2.24) is 9.97 Å². The van der Waals surface area contributed by atoms with Gasteiger partial charge in [0.1, 0.15) is 11.6 Å². The molecule has 0 bridgehead atoms. The maximum Gasteiger partial charge on any atom is 0.416 e. The Labute approximate surface area is 118 Å². The van der Waals surface area contributed by atoms with Crippen LogP contribution in [0.2, 0.25) is 0 Å². The van der Waals surface area contributed by atoms with Crippen LogP contribution in [0, 0.1) is 0 Å². The standard InChI is InChI=1S/C14H13F3N2O2/c1-8(2)13-18-11(20)7-12(19-13)21-10-5-3-9(4-6-10)14(15,16)17/h3-8H,1-2H3,(H,18,19,20). The number of rotatable bonds is 3. The fourth-order valence-corrected chi connectivity index (χ4v) is 1.61. The number of H-pyrrole nitrogens is 1. The molecule has 0 amide bonds. The predicted octanol–water partition coefficient (Wildman–Crippen LogP) is 3.70. The Bertz CT molecular complexity index is 676. The molecule has 21 heavy (non-hydrogen) atoms. The summed E-state index contributed by atoms with van der Waals surface area (Å²) >= 11 is 0. The van der Waals surface area contributed by atoms with Gasteiger partial charge in [0, 0.05) is 5.92 Å². The van der Waals surface area contributed by atoms with Gasteiger partial charge in [0.15, 0.2) is 0 Å². The average Bonchev–Trinajstić information content (AvgIpc) is 2.37. The molecular weight excluding hydrogens is 285 g/mol. The monoisotopic (exact) mass is 298 g/mol. The van der Waals surface area contributed by atoms with Crippen molar-refractivity contribution in [3.05, 3.63) is 52.1 Å². The Balaban J connectivity index is 2.24. The van der Waals surface area contributed by atoms with Gasteiger partial charge in [-0.3, -0.25) is 4.79 Å². The van der Waals surface area contributed by atoms with E-state index < -0.39 is 11.7 Å². The van der Waals surface area contributed by atoms with Crippen LogP contribution in [0.15, 0.2) is 35.1 Å². The molecule has 1 N–H and O–H groups in total. The van der Waals surface area contributed by atoms with Crippen LogP contribution in [0.25, 0.3) is 0 Å². The van der Waals surface area contributed by atoms with Gasteiger partial charge < -0.3 is 9.72 Å². The molecular formula is C14H13F3N2O2. The predicted molar refractivity (Wildman–Crippen MR) is 70.5 cm³/mol. The molecule has 1 aromatic carbocycles. The molecule has 0 radical (unpaired) electrons. The molecule has 0 saturated carbocycles. The van der Waals surface area contributed by atoms with Crippen LogP contribution >= 0.6 is 0 Å². The molecule has 112 valence electrons. The molecule has 7 heteroatoms. The fourth-order valence-electron chi connectivity index (χ4n) is 1.61. The lowest BCUT2D eigenvalue weighted by molar-refractivity contribution is -0.137. The molecule has 0 saturated heterocycles. The molecule has 0 unspecified atom stereocenters. The minimum atomic E-state index is -4.40. The Hall–Kier alpha value is -2.31. The van der Waals surface area contributed by atoms with Crippen molar-refractivity contribution >= 4 is 0 Å². The van der Waals surface area contributed by atoms with E-state index in [-0.39, 0.29) is 23.1 Å². The zero-order chi connectivity index (χ0) is 15.6. The number of nitrogens with zero attached hydrogens (tertiary/aromatic N) is 1. The highest BCUT2D eigenvalue weighted by atomic mass is 19.4. The lowest BCUT2D eigenvalue weighted by atomic mass is 10.2. The normalized spacial score (nSPS) is 11.7. The second kappa shape index (κ2) is 5.59. The highest BCUT2D eigenvalue weighted by Gasteiger charge is 2.30. The van der Waals surface area contributed by atoms with Crippen LogP contribution < -0.4 is 10.3 Å². The van der Waals surface area contributed by atoms with Crippen LogP contribution in [0.4, 0.5) is 13.2 Å². The number of aromatic amines is 1. The highest BCUT2D eigenvalue weighted by Crippen LogP contribution is 2.31.